The molecule has 3 rings (SSSR count). The lowest BCUT2D eigenvalue weighted by molar-refractivity contribution is -0.384. The van der Waals surface area contributed by atoms with Crippen molar-refractivity contribution >= 4 is 40.4 Å². The van der Waals surface area contributed by atoms with Crippen LogP contribution in [0.3, 0.4) is 0 Å². The van der Waals surface area contributed by atoms with Crippen molar-refractivity contribution in [2.45, 2.75) is 4.90 Å². The van der Waals surface area contributed by atoms with Crippen LogP contribution in [0.4, 0.5) is 11.4 Å². The number of allylic oxidation sites excluding steroid dienone is 1. The Bertz CT molecular complexity index is 969. The summed E-state index contributed by atoms with van der Waals surface area (Å²) in [6, 6.07) is 23.6. The number of thioether (sulfide) groups is 1. The number of halogens is 1. The molecule has 3 aromatic rings. The summed E-state index contributed by atoms with van der Waals surface area (Å²) in [5.74, 6) is 0. The largest absolute Gasteiger partial charge is 0.269 e. The summed E-state index contributed by atoms with van der Waals surface area (Å²) in [6.07, 6.45) is 1.92. The van der Waals surface area contributed by atoms with Crippen molar-refractivity contribution in [2.75, 3.05) is 0 Å². The molecule has 0 amide bonds. The van der Waals surface area contributed by atoms with Crippen molar-refractivity contribution in [3.8, 4) is 0 Å². The summed E-state index contributed by atoms with van der Waals surface area (Å²) in [5.41, 5.74) is 2.68. The molecule has 0 atom stereocenters. The van der Waals surface area contributed by atoms with Gasteiger partial charge >= 0.3 is 0 Å². The molecule has 4 nitrogen and oxygen atoms in total. The molecule has 0 fully saturated rings. The van der Waals surface area contributed by atoms with Crippen LogP contribution in [-0.4, -0.2) is 10.6 Å². The van der Waals surface area contributed by atoms with Gasteiger partial charge in [0.25, 0.3) is 5.69 Å². The second kappa shape index (κ2) is 9.16. The predicted octanol–water partition coefficient (Wildman–Crippen LogP) is 6.68. The summed E-state index contributed by atoms with van der Waals surface area (Å²) in [5, 5.41) is 13.3. The zero-order valence-electron chi connectivity index (χ0n) is 14.2. The molecule has 0 radical (unpaired) electrons. The van der Waals surface area contributed by atoms with Crippen molar-refractivity contribution in [1.82, 2.24) is 0 Å². The van der Waals surface area contributed by atoms with Gasteiger partial charge in [-0.2, -0.15) is 0 Å². The number of nitro groups is 1. The van der Waals surface area contributed by atoms with Crippen LogP contribution in [0.5, 0.6) is 0 Å². The lowest BCUT2D eigenvalue weighted by atomic mass is 10.1. The van der Waals surface area contributed by atoms with Crippen molar-refractivity contribution < 1.29 is 4.92 Å². The maximum absolute atomic E-state index is 10.7. The van der Waals surface area contributed by atoms with E-state index in [0.717, 1.165) is 21.9 Å². The summed E-state index contributed by atoms with van der Waals surface area (Å²) in [4.78, 5) is 15.9. The Morgan fingerprint density at radius 1 is 0.963 bits per heavy atom. The minimum Gasteiger partial charge on any atom is -0.258 e. The summed E-state index contributed by atoms with van der Waals surface area (Å²) < 4.78 is 0. The Morgan fingerprint density at radius 3 is 2.26 bits per heavy atom. The van der Waals surface area contributed by atoms with E-state index in [9.17, 15) is 10.1 Å². The van der Waals surface area contributed by atoms with E-state index in [1.165, 1.54) is 23.9 Å². The molecule has 0 aliphatic carbocycles. The molecule has 0 unspecified atom stereocenters. The van der Waals surface area contributed by atoms with E-state index in [0.29, 0.717) is 5.02 Å². The number of non-ortho nitro benzene ring substituents is 1. The van der Waals surface area contributed by atoms with Gasteiger partial charge in [0.1, 0.15) is 0 Å². The van der Waals surface area contributed by atoms with Gasteiger partial charge in [-0.05, 0) is 47.9 Å². The highest BCUT2D eigenvalue weighted by Gasteiger charge is 2.04. The van der Waals surface area contributed by atoms with Gasteiger partial charge in [-0.3, -0.25) is 10.1 Å². The lowest BCUT2D eigenvalue weighted by Crippen LogP contribution is -1.95. The first-order valence-corrected chi connectivity index (χ1v) is 9.35. The highest BCUT2D eigenvalue weighted by molar-refractivity contribution is 8.02. The van der Waals surface area contributed by atoms with E-state index in [2.05, 4.69) is 0 Å². The quantitative estimate of drug-likeness (QED) is 0.203. The Labute approximate surface area is 166 Å². The van der Waals surface area contributed by atoms with E-state index >= 15 is 0 Å². The lowest BCUT2D eigenvalue weighted by Gasteiger charge is -2.03. The third-order valence-corrected chi connectivity index (χ3v) is 4.69. The highest BCUT2D eigenvalue weighted by Crippen LogP contribution is 2.23. The SMILES string of the molecule is O=[N+]([O-])c1ccc(S/C=C/C(=Nc2ccccc2)c2ccc(Cl)cc2)cc1. The molecule has 0 N–H and O–H groups in total. The molecule has 0 heterocycles. The number of nitrogens with zero attached hydrogens (tertiary/aromatic N) is 2. The molecule has 3 aromatic carbocycles. The minimum absolute atomic E-state index is 0.0795. The van der Waals surface area contributed by atoms with Crippen LogP contribution in [0.15, 0.2) is 100 Å². The van der Waals surface area contributed by atoms with Crippen molar-refractivity contribution in [3.63, 3.8) is 0 Å². The van der Waals surface area contributed by atoms with Gasteiger partial charge in [0, 0.05) is 27.6 Å². The molecule has 0 aromatic heterocycles. The Hall–Kier alpha value is -2.89. The summed E-state index contributed by atoms with van der Waals surface area (Å²) in [7, 11) is 0. The summed E-state index contributed by atoms with van der Waals surface area (Å²) in [6.45, 7) is 0. The van der Waals surface area contributed by atoms with Crippen molar-refractivity contribution in [1.29, 1.82) is 0 Å². The first-order valence-electron chi connectivity index (χ1n) is 8.09. The first-order chi connectivity index (χ1) is 13.1. The van der Waals surface area contributed by atoms with Crippen LogP contribution < -0.4 is 0 Å². The van der Waals surface area contributed by atoms with Crippen molar-refractivity contribution in [2.24, 2.45) is 4.99 Å². The Kier molecular flexibility index (Phi) is 6.41. The minimum atomic E-state index is -0.407. The summed E-state index contributed by atoms with van der Waals surface area (Å²) >= 11 is 7.45. The Morgan fingerprint density at radius 2 is 1.63 bits per heavy atom. The van der Waals surface area contributed by atoms with Gasteiger partial charge < -0.3 is 0 Å². The average Bonchev–Trinajstić information content (AvgIpc) is 2.69. The fourth-order valence-electron chi connectivity index (χ4n) is 2.28. The Balaban J connectivity index is 1.82. The maximum atomic E-state index is 10.7. The third kappa shape index (κ3) is 5.54. The zero-order valence-corrected chi connectivity index (χ0v) is 15.7. The molecular weight excluding hydrogens is 380 g/mol. The van der Waals surface area contributed by atoms with E-state index < -0.39 is 4.92 Å². The standard InChI is InChI=1S/C21H15ClN2O2S/c22-17-8-6-16(7-9-17)21(23-18-4-2-1-3-5-18)14-15-27-20-12-10-19(11-13-20)24(25)26/h1-15H/b15-14+,23-21?. The van der Waals surface area contributed by atoms with E-state index in [1.54, 1.807) is 12.1 Å². The number of rotatable bonds is 6. The van der Waals surface area contributed by atoms with Gasteiger partial charge in [-0.1, -0.05) is 53.7 Å². The maximum Gasteiger partial charge on any atom is 0.269 e. The molecule has 0 spiro atoms. The first kappa shape index (κ1) is 18.9. The number of aliphatic imine (C=N–C) groups is 1. The fourth-order valence-corrected chi connectivity index (χ4v) is 3.06. The molecule has 0 saturated carbocycles. The second-order valence-corrected chi connectivity index (χ2v) is 6.93. The molecule has 134 valence electrons. The van der Waals surface area contributed by atoms with Crippen LogP contribution in [0.2, 0.25) is 5.02 Å². The number of benzene rings is 3. The fraction of sp³-hybridized carbons (Fsp3) is 0. The number of hydrogen-bond donors (Lipinski definition) is 0. The van der Waals surface area contributed by atoms with E-state index in [1.807, 2.05) is 66.1 Å². The molecule has 27 heavy (non-hydrogen) atoms. The molecule has 0 aliphatic heterocycles. The van der Waals surface area contributed by atoms with Gasteiger partial charge in [0.05, 0.1) is 16.3 Å². The monoisotopic (exact) mass is 394 g/mol. The van der Waals surface area contributed by atoms with Gasteiger partial charge in [-0.15, -0.1) is 0 Å². The smallest absolute Gasteiger partial charge is 0.258 e. The topological polar surface area (TPSA) is 55.5 Å². The molecule has 6 heteroatoms. The van der Waals surface area contributed by atoms with Gasteiger partial charge in [0.2, 0.25) is 0 Å². The predicted molar refractivity (Wildman–Crippen MR) is 112 cm³/mol. The molecule has 0 saturated heterocycles. The highest BCUT2D eigenvalue weighted by atomic mass is 35.5. The molecular formula is C21H15ClN2O2S. The van der Waals surface area contributed by atoms with Crippen molar-refractivity contribution in [3.05, 3.63) is 111 Å². The van der Waals surface area contributed by atoms with E-state index in [-0.39, 0.29) is 5.69 Å². The second-order valence-electron chi connectivity index (χ2n) is 5.51. The number of hydrogen-bond acceptors (Lipinski definition) is 4. The van der Waals surface area contributed by atoms with Crippen LogP contribution in [0, 0.1) is 10.1 Å². The van der Waals surface area contributed by atoms with Gasteiger partial charge in [-0.25, -0.2) is 4.99 Å². The number of nitro benzene ring substituents is 1. The average molecular weight is 395 g/mol. The number of para-hydroxylation sites is 1. The third-order valence-electron chi connectivity index (χ3n) is 3.62. The van der Waals surface area contributed by atoms with Crippen LogP contribution in [0.25, 0.3) is 0 Å². The molecule has 0 bridgehead atoms. The van der Waals surface area contributed by atoms with Crippen LogP contribution >= 0.6 is 23.4 Å². The van der Waals surface area contributed by atoms with Crippen LogP contribution in [0.1, 0.15) is 5.56 Å². The van der Waals surface area contributed by atoms with E-state index in [4.69, 9.17) is 16.6 Å². The van der Waals surface area contributed by atoms with Crippen LogP contribution in [-0.2, 0) is 0 Å². The normalized spacial score (nSPS) is 11.7. The zero-order chi connectivity index (χ0) is 19.1. The molecule has 0 aliphatic rings. The van der Waals surface area contributed by atoms with Gasteiger partial charge in [0.15, 0.2) is 0 Å².